The number of ether oxygens (including phenoxy) is 2. The van der Waals surface area contributed by atoms with Crippen LogP contribution in [0.15, 0.2) is 39.2 Å². The van der Waals surface area contributed by atoms with Gasteiger partial charge >= 0.3 is 0 Å². The topological polar surface area (TPSA) is 55.5 Å². The summed E-state index contributed by atoms with van der Waals surface area (Å²) in [5.41, 5.74) is 10.3. The van der Waals surface area contributed by atoms with Gasteiger partial charge in [-0.15, -0.1) is 0 Å². The zero-order chi connectivity index (χ0) is 23.3. The van der Waals surface area contributed by atoms with Crippen LogP contribution in [0.2, 0.25) is 0 Å². The van der Waals surface area contributed by atoms with Crippen molar-refractivity contribution in [2.75, 3.05) is 14.2 Å². The van der Waals surface area contributed by atoms with E-state index in [0.29, 0.717) is 11.6 Å². The summed E-state index contributed by atoms with van der Waals surface area (Å²) in [5, 5.41) is 0. The van der Waals surface area contributed by atoms with Crippen molar-refractivity contribution in [1.29, 1.82) is 0 Å². The lowest BCUT2D eigenvalue weighted by atomic mass is 10.1. The van der Waals surface area contributed by atoms with Crippen LogP contribution < -0.4 is 0 Å². The first-order valence-electron chi connectivity index (χ1n) is 10.5. The highest BCUT2D eigenvalue weighted by atomic mass is 16.5. The van der Waals surface area contributed by atoms with Crippen LogP contribution in [0.3, 0.4) is 0 Å². The Labute approximate surface area is 187 Å². The van der Waals surface area contributed by atoms with E-state index in [2.05, 4.69) is 70.8 Å². The smallest absolute Gasteiger partial charge is 0.233 e. The van der Waals surface area contributed by atoms with E-state index >= 15 is 0 Å². The summed E-state index contributed by atoms with van der Waals surface area (Å²) in [7, 11) is 3.22. The van der Waals surface area contributed by atoms with Gasteiger partial charge in [-0.2, -0.15) is 0 Å². The number of nitrogens with zero attached hydrogens (tertiary/aromatic N) is 3. The predicted octanol–water partition coefficient (Wildman–Crippen LogP) is 6.44. The van der Waals surface area contributed by atoms with Crippen molar-refractivity contribution in [3.05, 3.63) is 57.6 Å². The lowest BCUT2D eigenvalue weighted by Gasteiger charge is -2.15. The first-order valence-corrected chi connectivity index (χ1v) is 10.5. The SMILES string of the molecule is CO/C(=N/C(OC)C(C)=Nc1c(C)cc(C)cc1C)C(C)=Nc1c(C)cc(C)cc1C. The predicted molar refractivity (Wildman–Crippen MR) is 132 cm³/mol. The van der Waals surface area contributed by atoms with Gasteiger partial charge in [0.05, 0.1) is 29.9 Å². The van der Waals surface area contributed by atoms with Crippen molar-refractivity contribution in [3.63, 3.8) is 0 Å². The van der Waals surface area contributed by atoms with E-state index in [-0.39, 0.29) is 0 Å². The van der Waals surface area contributed by atoms with Crippen LogP contribution in [-0.4, -0.2) is 37.8 Å². The van der Waals surface area contributed by atoms with Crippen LogP contribution in [0, 0.1) is 41.5 Å². The molecule has 1 atom stereocenters. The van der Waals surface area contributed by atoms with Crippen LogP contribution in [0.4, 0.5) is 11.4 Å². The van der Waals surface area contributed by atoms with Crippen LogP contribution in [-0.2, 0) is 9.47 Å². The van der Waals surface area contributed by atoms with Crippen molar-refractivity contribution >= 4 is 28.7 Å². The molecule has 0 amide bonds. The van der Waals surface area contributed by atoms with Gasteiger partial charge in [0.1, 0.15) is 0 Å². The summed E-state index contributed by atoms with van der Waals surface area (Å²) in [6.45, 7) is 16.3. The number of rotatable bonds is 6. The molecular formula is C26H35N3O2. The normalized spacial score (nSPS) is 14.1. The summed E-state index contributed by atoms with van der Waals surface area (Å²) >= 11 is 0. The summed E-state index contributed by atoms with van der Waals surface area (Å²) < 4.78 is 11.2. The Morgan fingerprint density at radius 3 is 1.52 bits per heavy atom. The largest absolute Gasteiger partial charge is 0.480 e. The fourth-order valence-electron chi connectivity index (χ4n) is 3.86. The Kier molecular flexibility index (Phi) is 8.28. The standard InChI is InChI=1S/C26H35N3O2/c1-15-11-17(3)23(18(4)12-15)27-21(7)25(30-9)29-26(31-10)22(8)28-24-19(5)13-16(2)14-20(24)6/h11-14,25H,1-10H3/b27-21?,28-22?,29-26+. The van der Waals surface area contributed by atoms with E-state index in [1.807, 2.05) is 13.8 Å². The van der Waals surface area contributed by atoms with Gasteiger partial charge in [0, 0.05) is 7.11 Å². The molecule has 2 aromatic rings. The Balaban J connectivity index is 2.43. The van der Waals surface area contributed by atoms with Crippen LogP contribution in [0.5, 0.6) is 0 Å². The molecule has 5 heteroatoms. The summed E-state index contributed by atoms with van der Waals surface area (Å²) in [5.74, 6) is 0.429. The third-order valence-corrected chi connectivity index (χ3v) is 5.16. The molecule has 0 aliphatic carbocycles. The van der Waals surface area contributed by atoms with Crippen LogP contribution in [0.1, 0.15) is 47.2 Å². The highest BCUT2D eigenvalue weighted by molar-refractivity contribution is 6.38. The maximum atomic E-state index is 5.63. The Bertz CT molecular complexity index is 1000. The minimum Gasteiger partial charge on any atom is -0.480 e. The molecule has 0 saturated carbocycles. The molecule has 31 heavy (non-hydrogen) atoms. The van der Waals surface area contributed by atoms with Gasteiger partial charge in [-0.3, -0.25) is 4.99 Å². The Morgan fingerprint density at radius 2 is 1.13 bits per heavy atom. The molecule has 0 bridgehead atoms. The Morgan fingerprint density at radius 1 is 0.710 bits per heavy atom. The van der Waals surface area contributed by atoms with Crippen LogP contribution >= 0.6 is 0 Å². The van der Waals surface area contributed by atoms with Crippen LogP contribution in [0.25, 0.3) is 0 Å². The van der Waals surface area contributed by atoms with Gasteiger partial charge < -0.3 is 9.47 Å². The van der Waals surface area contributed by atoms with E-state index in [4.69, 9.17) is 19.5 Å². The highest BCUT2D eigenvalue weighted by Crippen LogP contribution is 2.27. The van der Waals surface area contributed by atoms with Gasteiger partial charge in [-0.05, 0) is 77.6 Å². The molecule has 0 N–H and O–H groups in total. The lowest BCUT2D eigenvalue weighted by Crippen LogP contribution is -2.23. The molecule has 0 fully saturated rings. The second-order valence-corrected chi connectivity index (χ2v) is 8.17. The molecular weight excluding hydrogens is 386 g/mol. The maximum Gasteiger partial charge on any atom is 0.233 e. The van der Waals surface area contributed by atoms with Crippen molar-refractivity contribution in [3.8, 4) is 0 Å². The fourth-order valence-corrected chi connectivity index (χ4v) is 3.86. The molecule has 0 spiro atoms. The number of aliphatic imine (C=N–C) groups is 3. The van der Waals surface area contributed by atoms with E-state index in [1.165, 1.54) is 11.1 Å². The van der Waals surface area contributed by atoms with Crippen molar-refractivity contribution in [1.82, 2.24) is 0 Å². The summed E-state index contributed by atoms with van der Waals surface area (Å²) in [6, 6.07) is 8.52. The molecule has 1 unspecified atom stereocenters. The fraction of sp³-hybridized carbons (Fsp3) is 0.423. The van der Waals surface area contributed by atoms with Gasteiger partial charge in [-0.25, -0.2) is 9.98 Å². The number of aryl methyl sites for hydroxylation is 6. The van der Waals surface area contributed by atoms with E-state index in [9.17, 15) is 0 Å². The second kappa shape index (κ2) is 10.5. The van der Waals surface area contributed by atoms with E-state index in [0.717, 1.165) is 39.3 Å². The molecule has 0 saturated heterocycles. The van der Waals surface area contributed by atoms with Gasteiger partial charge in [-0.1, -0.05) is 35.4 Å². The van der Waals surface area contributed by atoms with Crippen molar-refractivity contribution in [2.45, 2.75) is 61.6 Å². The van der Waals surface area contributed by atoms with Gasteiger partial charge in [0.25, 0.3) is 0 Å². The van der Waals surface area contributed by atoms with Crippen molar-refractivity contribution in [2.24, 2.45) is 15.0 Å². The molecule has 5 nitrogen and oxygen atoms in total. The first kappa shape index (κ1) is 24.5. The molecule has 2 aromatic carbocycles. The monoisotopic (exact) mass is 421 g/mol. The molecule has 0 aromatic heterocycles. The number of hydrogen-bond donors (Lipinski definition) is 0. The molecule has 0 radical (unpaired) electrons. The quantitative estimate of drug-likeness (QED) is 0.398. The molecule has 0 aliphatic rings. The van der Waals surface area contributed by atoms with E-state index < -0.39 is 6.23 Å². The average molecular weight is 422 g/mol. The lowest BCUT2D eigenvalue weighted by molar-refractivity contribution is 0.160. The van der Waals surface area contributed by atoms with Gasteiger partial charge in [0.2, 0.25) is 5.90 Å². The molecule has 2 rings (SSSR count). The molecule has 166 valence electrons. The number of methoxy groups -OCH3 is 2. The zero-order valence-electron chi connectivity index (χ0n) is 20.5. The Hall–Kier alpha value is -2.79. The van der Waals surface area contributed by atoms with E-state index in [1.54, 1.807) is 14.2 Å². The molecule has 0 heterocycles. The minimum atomic E-state index is -0.569. The maximum absolute atomic E-state index is 5.63. The zero-order valence-corrected chi connectivity index (χ0v) is 20.5. The van der Waals surface area contributed by atoms with Gasteiger partial charge in [0.15, 0.2) is 6.23 Å². The summed E-state index contributed by atoms with van der Waals surface area (Å²) in [4.78, 5) is 14.3. The minimum absolute atomic E-state index is 0.429. The number of benzene rings is 2. The first-order chi connectivity index (χ1) is 14.6. The third kappa shape index (κ3) is 6.11. The second-order valence-electron chi connectivity index (χ2n) is 8.17. The van der Waals surface area contributed by atoms with Crippen molar-refractivity contribution < 1.29 is 9.47 Å². The number of hydrogen-bond acceptors (Lipinski definition) is 5. The summed E-state index contributed by atoms with van der Waals surface area (Å²) in [6.07, 6.45) is -0.569. The average Bonchev–Trinajstić information content (AvgIpc) is 2.68. The third-order valence-electron chi connectivity index (χ3n) is 5.16. The highest BCUT2D eigenvalue weighted by Gasteiger charge is 2.16. The molecule has 0 aliphatic heterocycles.